The van der Waals surface area contributed by atoms with Gasteiger partial charge in [-0.15, -0.1) is 0 Å². The quantitative estimate of drug-likeness (QED) is 0.718. The Labute approximate surface area is 120 Å². The number of carbonyl (C=O) groups excluding carboxylic acids is 1. The summed E-state index contributed by atoms with van der Waals surface area (Å²) in [7, 11) is 0. The summed E-state index contributed by atoms with van der Waals surface area (Å²) in [6, 6.07) is 7.17. The smallest absolute Gasteiger partial charge is 0.310 e. The van der Waals surface area contributed by atoms with Gasteiger partial charge in [-0.25, -0.2) is 9.78 Å². The number of H-pyrrole nitrogens is 2. The Morgan fingerprint density at radius 1 is 1.14 bits per heavy atom. The average Bonchev–Trinajstić information content (AvgIpc) is 3.04. The van der Waals surface area contributed by atoms with Gasteiger partial charge in [-0.2, -0.15) is 0 Å². The number of nitrogens with zero attached hydrogens (tertiary/aromatic N) is 2. The number of benzene rings is 1. The van der Waals surface area contributed by atoms with Gasteiger partial charge >= 0.3 is 5.69 Å². The molecular weight excluding hydrogens is 268 g/mol. The third-order valence-electron chi connectivity index (χ3n) is 3.38. The lowest BCUT2D eigenvalue weighted by Crippen LogP contribution is -2.07. The largest absolute Gasteiger partial charge is 0.323 e. The molecule has 2 heterocycles. The van der Waals surface area contributed by atoms with Gasteiger partial charge in [0.15, 0.2) is 0 Å². The first-order chi connectivity index (χ1) is 10.1. The van der Waals surface area contributed by atoms with E-state index in [1.807, 2.05) is 29.8 Å². The van der Waals surface area contributed by atoms with Gasteiger partial charge in [0, 0.05) is 29.3 Å². The summed E-state index contributed by atoms with van der Waals surface area (Å²) in [5.41, 5.74) is 1.92. The van der Waals surface area contributed by atoms with E-state index in [0.717, 1.165) is 11.5 Å². The van der Waals surface area contributed by atoms with Crippen molar-refractivity contribution in [2.75, 3.05) is 0 Å². The molecule has 0 atom stereocenters. The molecule has 0 saturated heterocycles. The van der Waals surface area contributed by atoms with Gasteiger partial charge in [-0.05, 0) is 38.1 Å². The van der Waals surface area contributed by atoms with Gasteiger partial charge < -0.3 is 14.5 Å². The van der Waals surface area contributed by atoms with Crippen molar-refractivity contribution in [2.45, 2.75) is 13.8 Å². The van der Waals surface area contributed by atoms with Crippen molar-refractivity contribution < 1.29 is 4.79 Å². The van der Waals surface area contributed by atoms with Crippen molar-refractivity contribution >= 4 is 5.78 Å². The van der Waals surface area contributed by atoms with Crippen molar-refractivity contribution in [3.63, 3.8) is 0 Å². The fourth-order valence-corrected chi connectivity index (χ4v) is 2.27. The molecule has 0 bridgehead atoms. The molecule has 6 heteroatoms. The van der Waals surface area contributed by atoms with Crippen LogP contribution >= 0.6 is 0 Å². The molecule has 1 aromatic carbocycles. The number of imidazole rings is 2. The van der Waals surface area contributed by atoms with E-state index in [2.05, 4.69) is 15.0 Å². The number of hydrogen-bond donors (Lipinski definition) is 2. The number of carbonyl (C=O) groups is 1. The highest BCUT2D eigenvalue weighted by Crippen LogP contribution is 2.14. The predicted octanol–water partition coefficient (Wildman–Crippen LogP) is 1.74. The maximum Gasteiger partial charge on any atom is 0.323 e. The minimum Gasteiger partial charge on any atom is -0.310 e. The number of rotatable bonds is 3. The van der Waals surface area contributed by atoms with E-state index in [1.54, 1.807) is 25.3 Å². The van der Waals surface area contributed by atoms with Crippen LogP contribution in [0.3, 0.4) is 0 Å². The van der Waals surface area contributed by atoms with Gasteiger partial charge in [-0.3, -0.25) is 4.79 Å². The summed E-state index contributed by atoms with van der Waals surface area (Å²) in [4.78, 5) is 32.8. The van der Waals surface area contributed by atoms with Gasteiger partial charge in [0.1, 0.15) is 11.5 Å². The van der Waals surface area contributed by atoms with Crippen LogP contribution in [0.4, 0.5) is 0 Å². The van der Waals surface area contributed by atoms with Crippen LogP contribution < -0.4 is 5.69 Å². The van der Waals surface area contributed by atoms with Crippen LogP contribution in [0.2, 0.25) is 0 Å². The van der Waals surface area contributed by atoms with Crippen LogP contribution in [0.25, 0.3) is 5.69 Å². The lowest BCUT2D eigenvalue weighted by Gasteiger charge is -2.06. The molecule has 0 saturated carbocycles. The molecule has 0 amide bonds. The third-order valence-corrected chi connectivity index (χ3v) is 3.38. The highest BCUT2D eigenvalue weighted by molar-refractivity contribution is 6.08. The Morgan fingerprint density at radius 2 is 1.86 bits per heavy atom. The molecule has 6 nitrogen and oxygen atoms in total. The van der Waals surface area contributed by atoms with Crippen LogP contribution in [-0.4, -0.2) is 25.3 Å². The first-order valence-electron chi connectivity index (χ1n) is 6.50. The molecule has 0 aliphatic heterocycles. The standard InChI is InChI=1S/C15H14N4O2/c1-9-13(18-15(21)17-9)14(20)11-3-5-12(6-4-11)19-8-7-16-10(19)2/h3-8H,1-2H3,(H2,17,18,21). The Bertz CT molecular complexity index is 852. The molecule has 0 unspecified atom stereocenters. The Hall–Kier alpha value is -2.89. The van der Waals surface area contributed by atoms with E-state index in [1.165, 1.54) is 0 Å². The number of aromatic nitrogens is 4. The average molecular weight is 282 g/mol. The third kappa shape index (κ3) is 2.31. The lowest BCUT2D eigenvalue weighted by molar-refractivity contribution is 0.103. The van der Waals surface area contributed by atoms with E-state index in [9.17, 15) is 9.59 Å². The van der Waals surface area contributed by atoms with E-state index in [0.29, 0.717) is 17.0 Å². The molecule has 0 radical (unpaired) electrons. The Morgan fingerprint density at radius 3 is 2.38 bits per heavy atom. The maximum atomic E-state index is 12.3. The predicted molar refractivity (Wildman–Crippen MR) is 77.9 cm³/mol. The van der Waals surface area contributed by atoms with Crippen LogP contribution in [0, 0.1) is 13.8 Å². The highest BCUT2D eigenvalue weighted by atomic mass is 16.1. The second-order valence-electron chi connectivity index (χ2n) is 4.80. The molecule has 21 heavy (non-hydrogen) atoms. The van der Waals surface area contributed by atoms with Crippen molar-refractivity contribution in [2.24, 2.45) is 0 Å². The van der Waals surface area contributed by atoms with Gasteiger partial charge in [0.2, 0.25) is 5.78 Å². The Kier molecular flexibility index (Phi) is 3.06. The molecule has 2 aromatic heterocycles. The van der Waals surface area contributed by atoms with E-state index < -0.39 is 0 Å². The maximum absolute atomic E-state index is 12.3. The van der Waals surface area contributed by atoms with E-state index in [4.69, 9.17) is 0 Å². The molecular formula is C15H14N4O2. The number of ketones is 1. The first-order valence-corrected chi connectivity index (χ1v) is 6.50. The second-order valence-corrected chi connectivity index (χ2v) is 4.80. The normalized spacial score (nSPS) is 10.8. The zero-order valence-electron chi connectivity index (χ0n) is 11.7. The molecule has 3 rings (SSSR count). The van der Waals surface area contributed by atoms with Crippen molar-refractivity contribution in [1.82, 2.24) is 19.5 Å². The van der Waals surface area contributed by atoms with Gasteiger partial charge in [0.25, 0.3) is 0 Å². The summed E-state index contributed by atoms with van der Waals surface area (Å²) in [5, 5.41) is 0. The van der Waals surface area contributed by atoms with Crippen molar-refractivity contribution in [1.29, 1.82) is 0 Å². The second kappa shape index (κ2) is 4.90. The van der Waals surface area contributed by atoms with Crippen LogP contribution in [-0.2, 0) is 0 Å². The summed E-state index contributed by atoms with van der Waals surface area (Å²) < 4.78 is 1.93. The fourth-order valence-electron chi connectivity index (χ4n) is 2.27. The lowest BCUT2D eigenvalue weighted by atomic mass is 10.1. The van der Waals surface area contributed by atoms with Crippen LogP contribution in [0.5, 0.6) is 0 Å². The monoisotopic (exact) mass is 282 g/mol. The highest BCUT2D eigenvalue weighted by Gasteiger charge is 2.14. The molecule has 106 valence electrons. The molecule has 0 spiro atoms. The SMILES string of the molecule is Cc1[nH]c(=O)[nH]c1C(=O)c1ccc(-n2ccnc2C)cc1. The fraction of sp³-hybridized carbons (Fsp3) is 0.133. The zero-order chi connectivity index (χ0) is 15.0. The van der Waals surface area contributed by atoms with E-state index in [-0.39, 0.29) is 11.5 Å². The summed E-state index contributed by atoms with van der Waals surface area (Å²) >= 11 is 0. The molecule has 3 aromatic rings. The minimum absolute atomic E-state index is 0.209. The Balaban J connectivity index is 1.94. The number of aromatic amines is 2. The molecule has 0 aliphatic carbocycles. The summed E-state index contributed by atoms with van der Waals surface area (Å²) in [6.07, 6.45) is 3.59. The van der Waals surface area contributed by atoms with Crippen LogP contribution in [0.1, 0.15) is 27.6 Å². The van der Waals surface area contributed by atoms with Gasteiger partial charge in [-0.1, -0.05) is 0 Å². The molecule has 0 fully saturated rings. The van der Waals surface area contributed by atoms with Gasteiger partial charge in [0.05, 0.1) is 0 Å². The first kappa shape index (κ1) is 13.1. The summed E-state index contributed by atoms with van der Waals surface area (Å²) in [5.74, 6) is 0.666. The van der Waals surface area contributed by atoms with E-state index >= 15 is 0 Å². The number of aryl methyl sites for hydroxylation is 2. The molecule has 0 aliphatic rings. The topological polar surface area (TPSA) is 83.5 Å². The van der Waals surface area contributed by atoms with Crippen molar-refractivity contribution in [3.8, 4) is 5.69 Å². The summed E-state index contributed by atoms with van der Waals surface area (Å²) in [6.45, 7) is 3.60. The molecule has 2 N–H and O–H groups in total. The number of nitrogens with one attached hydrogen (secondary N) is 2. The number of hydrogen-bond acceptors (Lipinski definition) is 3. The minimum atomic E-state index is -0.374. The van der Waals surface area contributed by atoms with Crippen LogP contribution in [0.15, 0.2) is 41.5 Å². The zero-order valence-corrected chi connectivity index (χ0v) is 11.7. The van der Waals surface area contributed by atoms with Crippen molar-refractivity contribution in [3.05, 3.63) is 69.9 Å².